The second-order valence-corrected chi connectivity index (χ2v) is 3.04. The zero-order valence-corrected chi connectivity index (χ0v) is 7.56. The van der Waals surface area contributed by atoms with Gasteiger partial charge in [-0.05, 0) is 23.8 Å². The topological polar surface area (TPSA) is 0 Å². The lowest BCUT2D eigenvalue weighted by atomic mass is 10.1. The predicted octanol–water partition coefficient (Wildman–Crippen LogP) is 3.07. The lowest BCUT2D eigenvalue weighted by Crippen LogP contribution is -1.77. The maximum Gasteiger partial charge on any atom is 0.0259 e. The second-order valence-electron chi connectivity index (χ2n) is 2.12. The summed E-state index contributed by atoms with van der Waals surface area (Å²) in [6.45, 7) is 3.66. The Balaban J connectivity index is 3.25. The monoisotopic (exact) mass is 206 g/mol. The molecule has 0 amide bonds. The second kappa shape index (κ2) is 3.41. The van der Waals surface area contributed by atoms with Gasteiger partial charge in [0.1, 0.15) is 0 Å². The van der Waals surface area contributed by atoms with E-state index in [1.807, 2.05) is 18.2 Å². The van der Waals surface area contributed by atoms with E-state index in [2.05, 4.69) is 28.4 Å². The highest BCUT2D eigenvalue weighted by Gasteiger charge is 1.92. The van der Waals surface area contributed by atoms with Gasteiger partial charge in [-0.1, -0.05) is 34.5 Å². The maximum atomic E-state index is 5.24. The van der Waals surface area contributed by atoms with Crippen molar-refractivity contribution in [2.24, 2.45) is 0 Å². The summed E-state index contributed by atoms with van der Waals surface area (Å²) in [5.74, 6) is 2.56. The first-order valence-corrected chi connectivity index (χ1v) is 3.95. The fraction of sp³-hybridized carbons (Fsp3) is 0. The van der Waals surface area contributed by atoms with Crippen molar-refractivity contribution in [3.05, 3.63) is 40.4 Å². The van der Waals surface area contributed by atoms with Crippen LogP contribution in [0.25, 0.3) is 6.08 Å². The van der Waals surface area contributed by atoms with Gasteiger partial charge < -0.3 is 0 Å². The van der Waals surface area contributed by atoms with Gasteiger partial charge in [-0.2, -0.15) is 0 Å². The van der Waals surface area contributed by atoms with Crippen LogP contribution in [0.2, 0.25) is 0 Å². The fourth-order valence-corrected chi connectivity index (χ4v) is 1.32. The van der Waals surface area contributed by atoms with Crippen LogP contribution in [0.15, 0.2) is 29.3 Å². The SMILES string of the molecule is C#Cc1cc(Br)cc(C=C)c1. The molecule has 1 heteroatoms. The maximum absolute atomic E-state index is 5.24. The molecule has 0 unspecified atom stereocenters. The van der Waals surface area contributed by atoms with Crippen LogP contribution in [0.3, 0.4) is 0 Å². The van der Waals surface area contributed by atoms with Gasteiger partial charge in [-0.3, -0.25) is 0 Å². The summed E-state index contributed by atoms with van der Waals surface area (Å²) in [4.78, 5) is 0. The van der Waals surface area contributed by atoms with Crippen molar-refractivity contribution in [1.82, 2.24) is 0 Å². The highest BCUT2D eigenvalue weighted by molar-refractivity contribution is 9.10. The number of halogens is 1. The minimum Gasteiger partial charge on any atom is -0.115 e. The van der Waals surface area contributed by atoms with E-state index in [-0.39, 0.29) is 0 Å². The van der Waals surface area contributed by atoms with Crippen LogP contribution in [0.4, 0.5) is 0 Å². The van der Waals surface area contributed by atoms with Crippen molar-refractivity contribution >= 4 is 22.0 Å². The summed E-state index contributed by atoms with van der Waals surface area (Å²) in [5.41, 5.74) is 1.90. The molecular formula is C10H7Br. The van der Waals surface area contributed by atoms with Crippen LogP contribution in [0.5, 0.6) is 0 Å². The molecule has 0 heterocycles. The van der Waals surface area contributed by atoms with Crippen LogP contribution < -0.4 is 0 Å². The van der Waals surface area contributed by atoms with Gasteiger partial charge in [0.25, 0.3) is 0 Å². The molecule has 0 aliphatic heterocycles. The summed E-state index contributed by atoms with van der Waals surface area (Å²) in [7, 11) is 0. The first-order chi connectivity index (χ1) is 5.26. The Morgan fingerprint density at radius 3 is 2.73 bits per heavy atom. The van der Waals surface area contributed by atoms with Gasteiger partial charge in [0.2, 0.25) is 0 Å². The number of hydrogen-bond donors (Lipinski definition) is 0. The van der Waals surface area contributed by atoms with Gasteiger partial charge in [0.15, 0.2) is 0 Å². The molecule has 0 saturated carbocycles. The van der Waals surface area contributed by atoms with Crippen LogP contribution in [-0.2, 0) is 0 Å². The Morgan fingerprint density at radius 2 is 2.18 bits per heavy atom. The number of terminal acetylenes is 1. The number of benzene rings is 1. The summed E-state index contributed by atoms with van der Waals surface area (Å²) in [5, 5.41) is 0. The van der Waals surface area contributed by atoms with Crippen molar-refractivity contribution in [2.45, 2.75) is 0 Å². The summed E-state index contributed by atoms with van der Waals surface area (Å²) >= 11 is 3.35. The van der Waals surface area contributed by atoms with Gasteiger partial charge >= 0.3 is 0 Å². The van der Waals surface area contributed by atoms with Gasteiger partial charge in [0, 0.05) is 10.0 Å². The molecule has 1 aromatic rings. The third-order valence-corrected chi connectivity index (χ3v) is 1.78. The molecule has 0 saturated heterocycles. The van der Waals surface area contributed by atoms with Crippen LogP contribution in [-0.4, -0.2) is 0 Å². The molecule has 0 aliphatic carbocycles. The summed E-state index contributed by atoms with van der Waals surface area (Å²) < 4.78 is 0.989. The van der Waals surface area contributed by atoms with Crippen molar-refractivity contribution < 1.29 is 0 Å². The lowest BCUT2D eigenvalue weighted by molar-refractivity contribution is 1.57. The standard InChI is InChI=1S/C10H7Br/c1-3-8-5-9(4-2)7-10(11)6-8/h1,4-7H,2H2. The molecule has 0 spiro atoms. The minimum atomic E-state index is 0.870. The van der Waals surface area contributed by atoms with E-state index in [1.54, 1.807) is 6.08 Å². The fourth-order valence-electron chi connectivity index (χ4n) is 0.814. The molecule has 11 heavy (non-hydrogen) atoms. The molecular weight excluding hydrogens is 200 g/mol. The Labute approximate surface area is 75.1 Å². The third kappa shape index (κ3) is 1.96. The Hall–Kier alpha value is -1.00. The van der Waals surface area contributed by atoms with Crippen molar-refractivity contribution in [3.8, 4) is 12.3 Å². The quantitative estimate of drug-likeness (QED) is 0.620. The molecule has 0 fully saturated rings. The van der Waals surface area contributed by atoms with E-state index in [0.29, 0.717) is 0 Å². The zero-order valence-electron chi connectivity index (χ0n) is 5.97. The molecule has 0 N–H and O–H groups in total. The Morgan fingerprint density at radius 1 is 1.45 bits per heavy atom. The van der Waals surface area contributed by atoms with E-state index >= 15 is 0 Å². The smallest absolute Gasteiger partial charge is 0.0259 e. The van der Waals surface area contributed by atoms with Crippen LogP contribution in [0, 0.1) is 12.3 Å². The van der Waals surface area contributed by atoms with E-state index in [1.165, 1.54) is 0 Å². The number of hydrogen-bond acceptors (Lipinski definition) is 0. The summed E-state index contributed by atoms with van der Waals surface area (Å²) in [6, 6.07) is 5.78. The molecule has 0 atom stereocenters. The normalized spacial score (nSPS) is 8.73. The Kier molecular flexibility index (Phi) is 2.51. The van der Waals surface area contributed by atoms with Gasteiger partial charge in [-0.15, -0.1) is 6.42 Å². The van der Waals surface area contributed by atoms with Crippen LogP contribution in [0.1, 0.15) is 11.1 Å². The molecule has 54 valence electrons. The minimum absolute atomic E-state index is 0.870. The van der Waals surface area contributed by atoms with Crippen LogP contribution >= 0.6 is 15.9 Å². The van der Waals surface area contributed by atoms with Crippen molar-refractivity contribution in [1.29, 1.82) is 0 Å². The highest BCUT2D eigenvalue weighted by Crippen LogP contribution is 2.15. The predicted molar refractivity (Wildman–Crippen MR) is 52.2 cm³/mol. The molecule has 0 nitrogen and oxygen atoms in total. The molecule has 0 aromatic heterocycles. The first kappa shape index (κ1) is 8.10. The Bertz CT molecular complexity index is 318. The highest BCUT2D eigenvalue weighted by atomic mass is 79.9. The van der Waals surface area contributed by atoms with E-state index in [0.717, 1.165) is 15.6 Å². The zero-order chi connectivity index (χ0) is 8.27. The van der Waals surface area contributed by atoms with E-state index in [4.69, 9.17) is 6.42 Å². The molecule has 1 rings (SSSR count). The molecule has 0 bridgehead atoms. The van der Waals surface area contributed by atoms with Gasteiger partial charge in [0.05, 0.1) is 0 Å². The third-order valence-electron chi connectivity index (χ3n) is 1.32. The van der Waals surface area contributed by atoms with Gasteiger partial charge in [-0.25, -0.2) is 0 Å². The largest absolute Gasteiger partial charge is 0.115 e. The number of rotatable bonds is 1. The molecule has 0 radical (unpaired) electrons. The molecule has 0 aliphatic rings. The average Bonchev–Trinajstić information content (AvgIpc) is 2.03. The molecule has 1 aromatic carbocycles. The van der Waals surface area contributed by atoms with Crippen molar-refractivity contribution in [2.75, 3.05) is 0 Å². The summed E-state index contributed by atoms with van der Waals surface area (Å²) in [6.07, 6.45) is 7.01. The average molecular weight is 207 g/mol. The first-order valence-electron chi connectivity index (χ1n) is 3.16. The van der Waals surface area contributed by atoms with E-state index in [9.17, 15) is 0 Å². The van der Waals surface area contributed by atoms with Crippen molar-refractivity contribution in [3.63, 3.8) is 0 Å². The van der Waals surface area contributed by atoms with E-state index < -0.39 is 0 Å². The lowest BCUT2D eigenvalue weighted by Gasteiger charge is -1.96.